The molecule has 0 unspecified atom stereocenters. The zero-order chi connectivity index (χ0) is 14.7. The van der Waals surface area contributed by atoms with Crippen LogP contribution in [0.25, 0.3) is 0 Å². The molecule has 1 fully saturated rings. The molecule has 0 spiro atoms. The summed E-state index contributed by atoms with van der Waals surface area (Å²) in [6, 6.07) is 7.52. The van der Waals surface area contributed by atoms with Gasteiger partial charge in [0.05, 0.1) is 11.3 Å². The number of carbonyl (C=O) groups excluding carboxylic acids is 1. The lowest BCUT2D eigenvalue weighted by Gasteiger charge is -2.35. The monoisotopic (exact) mass is 283 g/mol. The summed E-state index contributed by atoms with van der Waals surface area (Å²) < 4.78 is 0. The smallest absolute Gasteiger partial charge is 0.255 e. The Morgan fingerprint density at radius 3 is 2.62 bits per heavy atom. The summed E-state index contributed by atoms with van der Waals surface area (Å²) in [6.45, 7) is 2.89. The average molecular weight is 283 g/mol. The van der Waals surface area contributed by atoms with Gasteiger partial charge in [0.15, 0.2) is 0 Å². The number of pyridine rings is 2. The van der Waals surface area contributed by atoms with Crippen molar-refractivity contribution in [2.45, 2.75) is 0 Å². The van der Waals surface area contributed by atoms with Gasteiger partial charge in [-0.05, 0) is 18.2 Å². The second-order valence-electron chi connectivity index (χ2n) is 4.97. The molecule has 1 saturated heterocycles. The molecule has 108 valence electrons. The molecule has 0 radical (unpaired) electrons. The van der Waals surface area contributed by atoms with E-state index in [1.807, 2.05) is 23.1 Å². The third-order valence-electron chi connectivity index (χ3n) is 3.55. The maximum atomic E-state index is 12.4. The normalized spacial score (nSPS) is 15.0. The number of carbonyl (C=O) groups is 1. The fraction of sp³-hybridized carbons (Fsp3) is 0.267. The molecule has 1 aliphatic rings. The molecule has 6 heteroatoms. The molecule has 3 heterocycles. The highest BCUT2D eigenvalue weighted by molar-refractivity contribution is 5.94. The van der Waals surface area contributed by atoms with E-state index in [0.29, 0.717) is 24.3 Å². The van der Waals surface area contributed by atoms with Gasteiger partial charge >= 0.3 is 0 Å². The third kappa shape index (κ3) is 2.94. The fourth-order valence-corrected chi connectivity index (χ4v) is 2.44. The Hall–Kier alpha value is -2.63. The predicted molar refractivity (Wildman–Crippen MR) is 81.0 cm³/mol. The average Bonchev–Trinajstić information content (AvgIpc) is 2.55. The van der Waals surface area contributed by atoms with Gasteiger partial charge in [0.1, 0.15) is 5.82 Å². The van der Waals surface area contributed by atoms with Gasteiger partial charge in [-0.15, -0.1) is 0 Å². The van der Waals surface area contributed by atoms with Crippen molar-refractivity contribution in [3.63, 3.8) is 0 Å². The van der Waals surface area contributed by atoms with Gasteiger partial charge in [-0.1, -0.05) is 6.07 Å². The Balaban J connectivity index is 1.64. The van der Waals surface area contributed by atoms with E-state index in [1.165, 1.54) is 6.20 Å². The van der Waals surface area contributed by atoms with Crippen LogP contribution in [0.2, 0.25) is 0 Å². The van der Waals surface area contributed by atoms with E-state index in [1.54, 1.807) is 18.5 Å². The predicted octanol–water partition coefficient (Wildman–Crippen LogP) is 1.02. The number of nitrogens with two attached hydrogens (primary N) is 1. The highest BCUT2D eigenvalue weighted by Crippen LogP contribution is 2.15. The highest BCUT2D eigenvalue weighted by Gasteiger charge is 2.22. The molecule has 21 heavy (non-hydrogen) atoms. The molecule has 0 aliphatic carbocycles. The van der Waals surface area contributed by atoms with E-state index >= 15 is 0 Å². The molecule has 2 aromatic heterocycles. The van der Waals surface area contributed by atoms with E-state index in [4.69, 9.17) is 5.73 Å². The number of aromatic nitrogens is 2. The number of anilines is 2. The van der Waals surface area contributed by atoms with Gasteiger partial charge in [0.2, 0.25) is 0 Å². The van der Waals surface area contributed by atoms with Gasteiger partial charge < -0.3 is 15.5 Å². The van der Waals surface area contributed by atoms with Crippen molar-refractivity contribution in [1.29, 1.82) is 0 Å². The topological polar surface area (TPSA) is 75.3 Å². The number of hydrogen-bond donors (Lipinski definition) is 1. The Morgan fingerprint density at radius 2 is 1.95 bits per heavy atom. The van der Waals surface area contributed by atoms with Gasteiger partial charge in [0.25, 0.3) is 5.91 Å². The minimum Gasteiger partial charge on any atom is -0.397 e. The van der Waals surface area contributed by atoms with Crippen molar-refractivity contribution in [3.8, 4) is 0 Å². The van der Waals surface area contributed by atoms with Crippen LogP contribution in [0, 0.1) is 0 Å². The van der Waals surface area contributed by atoms with Gasteiger partial charge in [-0.3, -0.25) is 9.78 Å². The van der Waals surface area contributed by atoms with E-state index < -0.39 is 0 Å². The quantitative estimate of drug-likeness (QED) is 0.890. The zero-order valence-electron chi connectivity index (χ0n) is 11.6. The second kappa shape index (κ2) is 5.78. The first-order chi connectivity index (χ1) is 10.2. The molecule has 1 aliphatic heterocycles. The van der Waals surface area contributed by atoms with Crippen LogP contribution in [-0.2, 0) is 0 Å². The number of rotatable bonds is 2. The number of nitrogens with zero attached hydrogens (tertiary/aromatic N) is 4. The zero-order valence-corrected chi connectivity index (χ0v) is 11.6. The molecule has 2 aromatic rings. The molecular weight excluding hydrogens is 266 g/mol. The van der Waals surface area contributed by atoms with Gasteiger partial charge in [0, 0.05) is 44.8 Å². The molecule has 1 amide bonds. The maximum Gasteiger partial charge on any atom is 0.255 e. The molecule has 0 saturated carbocycles. The van der Waals surface area contributed by atoms with E-state index in [2.05, 4.69) is 14.9 Å². The summed E-state index contributed by atoms with van der Waals surface area (Å²) in [7, 11) is 0. The minimum atomic E-state index is -0.0181. The lowest BCUT2D eigenvalue weighted by atomic mass is 10.2. The molecule has 0 atom stereocenters. The van der Waals surface area contributed by atoms with Crippen molar-refractivity contribution in [2.24, 2.45) is 0 Å². The standard InChI is InChI=1S/C15H17N5O/c16-13-9-12(10-17-11-13)15(21)20-7-5-19(6-8-20)14-3-1-2-4-18-14/h1-4,9-11H,5-8,16H2. The summed E-state index contributed by atoms with van der Waals surface area (Å²) in [4.78, 5) is 24.7. The van der Waals surface area contributed by atoms with E-state index in [0.717, 1.165) is 18.9 Å². The van der Waals surface area contributed by atoms with Crippen molar-refractivity contribution in [2.75, 3.05) is 36.8 Å². The maximum absolute atomic E-state index is 12.4. The van der Waals surface area contributed by atoms with Crippen molar-refractivity contribution < 1.29 is 4.79 Å². The number of nitrogen functional groups attached to an aromatic ring is 1. The Bertz CT molecular complexity index is 623. The molecule has 2 N–H and O–H groups in total. The summed E-state index contributed by atoms with van der Waals surface area (Å²) in [6.07, 6.45) is 4.88. The minimum absolute atomic E-state index is 0.0181. The largest absolute Gasteiger partial charge is 0.397 e. The molecule has 6 nitrogen and oxygen atoms in total. The van der Waals surface area contributed by atoms with E-state index in [9.17, 15) is 4.79 Å². The Labute approximate surface area is 123 Å². The first kappa shape index (κ1) is 13.4. The van der Waals surface area contributed by atoms with Gasteiger partial charge in [-0.25, -0.2) is 4.98 Å². The first-order valence-corrected chi connectivity index (χ1v) is 6.90. The third-order valence-corrected chi connectivity index (χ3v) is 3.55. The van der Waals surface area contributed by atoms with Crippen molar-refractivity contribution in [3.05, 3.63) is 48.4 Å². The van der Waals surface area contributed by atoms with Crippen molar-refractivity contribution in [1.82, 2.24) is 14.9 Å². The summed E-state index contributed by atoms with van der Waals surface area (Å²) in [5.74, 6) is 0.936. The van der Waals surface area contributed by atoms with Crippen LogP contribution in [0.15, 0.2) is 42.9 Å². The van der Waals surface area contributed by atoms with Crippen LogP contribution >= 0.6 is 0 Å². The fourth-order valence-electron chi connectivity index (χ4n) is 2.44. The van der Waals surface area contributed by atoms with Crippen LogP contribution in [0.3, 0.4) is 0 Å². The summed E-state index contributed by atoms with van der Waals surface area (Å²) in [5, 5.41) is 0. The highest BCUT2D eigenvalue weighted by atomic mass is 16.2. The van der Waals surface area contributed by atoms with E-state index in [-0.39, 0.29) is 5.91 Å². The van der Waals surface area contributed by atoms with Crippen LogP contribution in [0.5, 0.6) is 0 Å². The lowest BCUT2D eigenvalue weighted by molar-refractivity contribution is 0.0746. The number of hydrogen-bond acceptors (Lipinski definition) is 5. The SMILES string of the molecule is Nc1cncc(C(=O)N2CCN(c3ccccn3)CC2)c1. The number of amides is 1. The van der Waals surface area contributed by atoms with Crippen LogP contribution < -0.4 is 10.6 Å². The number of piperazine rings is 1. The van der Waals surface area contributed by atoms with Crippen LogP contribution in [-0.4, -0.2) is 47.0 Å². The summed E-state index contributed by atoms with van der Waals surface area (Å²) in [5.41, 5.74) is 6.72. The molecule has 3 rings (SSSR count). The van der Waals surface area contributed by atoms with Gasteiger partial charge in [-0.2, -0.15) is 0 Å². The first-order valence-electron chi connectivity index (χ1n) is 6.90. The molecule has 0 aromatic carbocycles. The second-order valence-corrected chi connectivity index (χ2v) is 4.97. The van der Waals surface area contributed by atoms with Crippen LogP contribution in [0.4, 0.5) is 11.5 Å². The van der Waals surface area contributed by atoms with Crippen molar-refractivity contribution >= 4 is 17.4 Å². The van der Waals surface area contributed by atoms with Crippen LogP contribution in [0.1, 0.15) is 10.4 Å². The molecule has 0 bridgehead atoms. The lowest BCUT2D eigenvalue weighted by Crippen LogP contribution is -2.49. The summed E-state index contributed by atoms with van der Waals surface area (Å²) >= 11 is 0. The Kier molecular flexibility index (Phi) is 3.68. The Morgan fingerprint density at radius 1 is 1.14 bits per heavy atom. The molecular formula is C15H17N5O.